The van der Waals surface area contributed by atoms with Crippen molar-refractivity contribution in [1.29, 1.82) is 0 Å². The summed E-state index contributed by atoms with van der Waals surface area (Å²) in [7, 11) is 1.95. The number of carbonyl (C=O) groups excluding carboxylic acids is 1. The van der Waals surface area contributed by atoms with E-state index in [1.807, 2.05) is 47.7 Å². The Morgan fingerprint density at radius 2 is 2.18 bits per heavy atom. The number of aromatic nitrogens is 4. The number of hydrogen-bond donors (Lipinski definition) is 0. The van der Waals surface area contributed by atoms with Gasteiger partial charge in [-0.3, -0.25) is 4.79 Å². The fraction of sp³-hybridized carbons (Fsp3) is 0.300. The number of thiophene rings is 1. The van der Waals surface area contributed by atoms with Crippen LogP contribution >= 0.6 is 11.3 Å². The number of amides is 1. The second-order valence-electron chi connectivity index (χ2n) is 7.05. The van der Waals surface area contributed by atoms with Gasteiger partial charge in [-0.15, -0.1) is 11.3 Å². The minimum Gasteiger partial charge on any atom is -0.377 e. The number of ether oxygens (including phenoxy) is 1. The maximum Gasteiger partial charge on any atom is 0.264 e. The van der Waals surface area contributed by atoms with Crippen molar-refractivity contribution in [3.05, 3.63) is 41.7 Å². The summed E-state index contributed by atoms with van der Waals surface area (Å²) in [6, 6.07) is 8.05. The molecule has 0 spiro atoms. The zero-order valence-corrected chi connectivity index (χ0v) is 16.4. The minimum atomic E-state index is 0.0540. The molecule has 1 aliphatic rings. The summed E-state index contributed by atoms with van der Waals surface area (Å²) < 4.78 is 7.38. The lowest BCUT2D eigenvalue weighted by Crippen LogP contribution is -2.46. The topological polar surface area (TPSA) is 73.1 Å². The molecular formula is C20H19N5O2S. The number of imidazole rings is 1. The van der Waals surface area contributed by atoms with Gasteiger partial charge in [-0.05, 0) is 31.2 Å². The number of pyridine rings is 2. The van der Waals surface area contributed by atoms with Crippen molar-refractivity contribution in [3.63, 3.8) is 0 Å². The highest BCUT2D eigenvalue weighted by molar-refractivity contribution is 7.20. The number of nitrogens with zero attached hydrogens (tertiary/aromatic N) is 5. The Morgan fingerprint density at radius 3 is 3.04 bits per heavy atom. The van der Waals surface area contributed by atoms with E-state index in [9.17, 15) is 4.79 Å². The largest absolute Gasteiger partial charge is 0.377 e. The molecule has 0 radical (unpaired) electrons. The van der Waals surface area contributed by atoms with Gasteiger partial charge in [-0.2, -0.15) is 0 Å². The van der Waals surface area contributed by atoms with E-state index in [0.29, 0.717) is 24.6 Å². The number of rotatable bonds is 2. The SMILES string of the molecule is CC1COCCN1C(=O)c1cc2ccc(-c3cnc4ncn(C)c4c3)nc2s1. The number of morpholine rings is 1. The Balaban J connectivity index is 1.50. The summed E-state index contributed by atoms with van der Waals surface area (Å²) in [6.45, 7) is 3.82. The summed E-state index contributed by atoms with van der Waals surface area (Å²) in [4.78, 5) is 29.8. The molecule has 5 rings (SSSR count). The van der Waals surface area contributed by atoms with Gasteiger partial charge in [0, 0.05) is 30.7 Å². The standard InChI is InChI=1S/C20H19N5O2S/c1-12-10-27-6-5-25(12)20(26)17-8-13-3-4-15(23-19(13)28-17)14-7-16-18(21-9-14)22-11-24(16)2/h3-4,7-9,11-12H,5-6,10H2,1-2H3. The molecule has 0 aromatic carbocycles. The van der Waals surface area contributed by atoms with Crippen LogP contribution in [0.25, 0.3) is 32.6 Å². The highest BCUT2D eigenvalue weighted by atomic mass is 32.1. The Kier molecular flexibility index (Phi) is 4.10. The van der Waals surface area contributed by atoms with E-state index < -0.39 is 0 Å². The lowest BCUT2D eigenvalue weighted by Gasteiger charge is -2.32. The fourth-order valence-electron chi connectivity index (χ4n) is 3.50. The maximum absolute atomic E-state index is 12.9. The summed E-state index contributed by atoms with van der Waals surface area (Å²) in [6.07, 6.45) is 3.54. The van der Waals surface area contributed by atoms with E-state index in [-0.39, 0.29) is 11.9 Å². The van der Waals surface area contributed by atoms with Gasteiger partial charge in [0.05, 0.1) is 41.7 Å². The van der Waals surface area contributed by atoms with Crippen molar-refractivity contribution in [1.82, 2.24) is 24.4 Å². The molecule has 5 heterocycles. The van der Waals surface area contributed by atoms with E-state index in [1.54, 1.807) is 12.5 Å². The molecular weight excluding hydrogens is 374 g/mol. The normalized spacial score (nSPS) is 17.5. The number of hydrogen-bond acceptors (Lipinski definition) is 6. The molecule has 28 heavy (non-hydrogen) atoms. The second-order valence-corrected chi connectivity index (χ2v) is 8.08. The molecule has 0 aliphatic carbocycles. The Hall–Kier alpha value is -2.84. The Labute approximate surface area is 165 Å². The average Bonchev–Trinajstić information content (AvgIpc) is 3.30. The molecule has 8 heteroatoms. The zero-order chi connectivity index (χ0) is 19.3. The van der Waals surface area contributed by atoms with Crippen molar-refractivity contribution in [2.24, 2.45) is 7.05 Å². The first kappa shape index (κ1) is 17.3. The van der Waals surface area contributed by atoms with Gasteiger partial charge in [0.15, 0.2) is 5.65 Å². The second kappa shape index (κ2) is 6.65. The molecule has 1 amide bonds. The number of aryl methyl sites for hydroxylation is 1. The summed E-state index contributed by atoms with van der Waals surface area (Å²) in [5.41, 5.74) is 3.45. The predicted octanol–water partition coefficient (Wildman–Crippen LogP) is 3.11. The van der Waals surface area contributed by atoms with E-state index in [4.69, 9.17) is 9.72 Å². The molecule has 4 aromatic rings. The predicted molar refractivity (Wildman–Crippen MR) is 108 cm³/mol. The highest BCUT2D eigenvalue weighted by Gasteiger charge is 2.26. The van der Waals surface area contributed by atoms with E-state index >= 15 is 0 Å². The average molecular weight is 393 g/mol. The van der Waals surface area contributed by atoms with Gasteiger partial charge in [-0.1, -0.05) is 0 Å². The smallest absolute Gasteiger partial charge is 0.264 e. The molecule has 1 atom stereocenters. The van der Waals surface area contributed by atoms with Crippen LogP contribution in [0.3, 0.4) is 0 Å². The minimum absolute atomic E-state index is 0.0540. The van der Waals surface area contributed by atoms with Crippen LogP contribution in [0.15, 0.2) is 36.8 Å². The molecule has 1 fully saturated rings. The van der Waals surface area contributed by atoms with Crippen LogP contribution in [0, 0.1) is 0 Å². The lowest BCUT2D eigenvalue weighted by molar-refractivity contribution is 0.00387. The third kappa shape index (κ3) is 2.85. The molecule has 0 bridgehead atoms. The van der Waals surface area contributed by atoms with Crippen LogP contribution in [0.1, 0.15) is 16.6 Å². The first-order valence-electron chi connectivity index (χ1n) is 9.17. The van der Waals surface area contributed by atoms with Gasteiger partial charge in [0.25, 0.3) is 5.91 Å². The van der Waals surface area contributed by atoms with Gasteiger partial charge in [0.1, 0.15) is 4.83 Å². The lowest BCUT2D eigenvalue weighted by atomic mass is 10.1. The van der Waals surface area contributed by atoms with Crippen LogP contribution in [0.2, 0.25) is 0 Å². The van der Waals surface area contributed by atoms with Crippen LogP contribution in [0.4, 0.5) is 0 Å². The first-order valence-corrected chi connectivity index (χ1v) is 9.98. The van der Waals surface area contributed by atoms with Crippen molar-refractivity contribution in [2.45, 2.75) is 13.0 Å². The van der Waals surface area contributed by atoms with Crippen LogP contribution < -0.4 is 0 Å². The van der Waals surface area contributed by atoms with Crippen LogP contribution in [0.5, 0.6) is 0 Å². The van der Waals surface area contributed by atoms with E-state index in [1.165, 1.54) is 11.3 Å². The van der Waals surface area contributed by atoms with Crippen molar-refractivity contribution < 1.29 is 9.53 Å². The molecule has 0 N–H and O–H groups in total. The fourth-order valence-corrected chi connectivity index (χ4v) is 4.49. The molecule has 1 aliphatic heterocycles. The van der Waals surface area contributed by atoms with E-state index in [0.717, 1.165) is 32.6 Å². The third-order valence-electron chi connectivity index (χ3n) is 5.10. The summed E-state index contributed by atoms with van der Waals surface area (Å²) in [5, 5.41) is 0.979. The zero-order valence-electron chi connectivity index (χ0n) is 15.6. The third-order valence-corrected chi connectivity index (χ3v) is 6.13. The van der Waals surface area contributed by atoms with E-state index in [2.05, 4.69) is 9.97 Å². The van der Waals surface area contributed by atoms with Crippen molar-refractivity contribution in [2.75, 3.05) is 19.8 Å². The molecule has 4 aromatic heterocycles. The number of fused-ring (bicyclic) bond motifs is 2. The Bertz CT molecular complexity index is 1200. The number of carbonyl (C=O) groups is 1. The molecule has 1 unspecified atom stereocenters. The summed E-state index contributed by atoms with van der Waals surface area (Å²) >= 11 is 1.44. The summed E-state index contributed by atoms with van der Waals surface area (Å²) in [5.74, 6) is 0.0540. The van der Waals surface area contributed by atoms with Crippen molar-refractivity contribution in [3.8, 4) is 11.3 Å². The molecule has 0 saturated carbocycles. The van der Waals surface area contributed by atoms with Crippen LogP contribution in [-0.2, 0) is 11.8 Å². The Morgan fingerprint density at radius 1 is 1.29 bits per heavy atom. The molecule has 7 nitrogen and oxygen atoms in total. The highest BCUT2D eigenvalue weighted by Crippen LogP contribution is 2.29. The maximum atomic E-state index is 12.9. The van der Waals surface area contributed by atoms with Gasteiger partial charge in [-0.25, -0.2) is 15.0 Å². The quantitative estimate of drug-likeness (QED) is 0.523. The molecule has 1 saturated heterocycles. The van der Waals surface area contributed by atoms with Crippen molar-refractivity contribution >= 4 is 38.6 Å². The van der Waals surface area contributed by atoms with Crippen LogP contribution in [-0.4, -0.2) is 56.1 Å². The first-order chi connectivity index (χ1) is 13.6. The monoisotopic (exact) mass is 393 g/mol. The van der Waals surface area contributed by atoms with Gasteiger partial charge in [0.2, 0.25) is 0 Å². The molecule has 142 valence electrons. The van der Waals surface area contributed by atoms with Gasteiger partial charge < -0.3 is 14.2 Å². The van der Waals surface area contributed by atoms with Gasteiger partial charge >= 0.3 is 0 Å².